The summed E-state index contributed by atoms with van der Waals surface area (Å²) in [7, 11) is 1.56. The van der Waals surface area contributed by atoms with Gasteiger partial charge in [0, 0.05) is 30.5 Å². The second kappa shape index (κ2) is 11.2. The van der Waals surface area contributed by atoms with Crippen LogP contribution in [-0.2, 0) is 23.9 Å². The molecule has 2 bridgehead atoms. The summed E-state index contributed by atoms with van der Waals surface area (Å²) >= 11 is 0. The van der Waals surface area contributed by atoms with E-state index in [0.717, 1.165) is 22.3 Å². The van der Waals surface area contributed by atoms with Gasteiger partial charge in [0.25, 0.3) is 5.91 Å². The lowest BCUT2D eigenvalue weighted by Gasteiger charge is -2.45. The lowest BCUT2D eigenvalue weighted by Crippen LogP contribution is -2.41. The first-order valence-electron chi connectivity index (χ1n) is 14.1. The summed E-state index contributed by atoms with van der Waals surface area (Å²) in [6, 6.07) is 23.3. The molecule has 0 aromatic heterocycles. The fraction of sp³-hybridized carbons (Fsp3) is 0.333. The van der Waals surface area contributed by atoms with Crippen LogP contribution in [0.25, 0.3) is 0 Å². The van der Waals surface area contributed by atoms with E-state index in [9.17, 15) is 19.2 Å². The summed E-state index contributed by atoms with van der Waals surface area (Å²) < 4.78 is 10.2. The van der Waals surface area contributed by atoms with E-state index >= 15 is 0 Å². The van der Waals surface area contributed by atoms with Crippen LogP contribution >= 0.6 is 0 Å². The number of anilines is 1. The van der Waals surface area contributed by atoms with Gasteiger partial charge in [0.2, 0.25) is 11.8 Å². The number of esters is 1. The molecule has 1 saturated heterocycles. The van der Waals surface area contributed by atoms with Crippen LogP contribution in [0.3, 0.4) is 0 Å². The van der Waals surface area contributed by atoms with Crippen LogP contribution in [0.2, 0.25) is 0 Å². The van der Waals surface area contributed by atoms with Gasteiger partial charge in [0.05, 0.1) is 18.9 Å². The van der Waals surface area contributed by atoms with Crippen molar-refractivity contribution in [2.45, 2.75) is 37.5 Å². The van der Waals surface area contributed by atoms with Gasteiger partial charge in [-0.05, 0) is 59.4 Å². The number of hydrogen-bond acceptors (Lipinski definition) is 6. The number of likely N-dealkylation sites (tertiary alicyclic amines) is 1. The Morgan fingerprint density at radius 2 is 1.29 bits per heavy atom. The Morgan fingerprint density at radius 1 is 0.756 bits per heavy atom. The summed E-state index contributed by atoms with van der Waals surface area (Å²) in [4.78, 5) is 52.9. The summed E-state index contributed by atoms with van der Waals surface area (Å²) in [5.74, 6) is -1.30. The minimum atomic E-state index is -0.457. The normalized spacial score (nSPS) is 21.6. The standard InChI is InChI=1S/C33H32N2O6/c1-40-21-16-14-20(15-17-21)34-26(36)19-41-27(37)13-3-2-8-18-35-32(38)30-28-22-9-4-5-10-23(22)29(31(30)33(35)39)25-12-7-6-11-24(25)28/h4-7,9-12,14-17,28-31H,2-3,8,13,18-19H2,1H3,(H,34,36)/t28?,29?,30-,31-/m1/s1. The quantitative estimate of drug-likeness (QED) is 0.224. The molecular weight excluding hydrogens is 520 g/mol. The Labute approximate surface area is 238 Å². The van der Waals surface area contributed by atoms with Crippen molar-refractivity contribution < 1.29 is 28.7 Å². The number of nitrogens with zero attached hydrogens (tertiary/aromatic N) is 1. The molecule has 3 aromatic rings. The van der Waals surface area contributed by atoms with Gasteiger partial charge in [0.1, 0.15) is 5.75 Å². The first-order chi connectivity index (χ1) is 20.0. The van der Waals surface area contributed by atoms with Gasteiger partial charge in [-0.15, -0.1) is 0 Å². The zero-order chi connectivity index (χ0) is 28.5. The molecule has 210 valence electrons. The maximum atomic E-state index is 13.6. The molecule has 1 N–H and O–H groups in total. The van der Waals surface area contributed by atoms with Gasteiger partial charge >= 0.3 is 5.97 Å². The summed E-state index contributed by atoms with van der Waals surface area (Å²) in [5.41, 5.74) is 5.24. The van der Waals surface area contributed by atoms with Crippen LogP contribution < -0.4 is 10.1 Å². The third-order valence-corrected chi connectivity index (χ3v) is 8.54. The van der Waals surface area contributed by atoms with Crippen molar-refractivity contribution in [2.75, 3.05) is 25.6 Å². The highest BCUT2D eigenvalue weighted by Crippen LogP contribution is 2.60. The van der Waals surface area contributed by atoms with Gasteiger partial charge in [-0.1, -0.05) is 55.0 Å². The molecule has 0 saturated carbocycles. The average molecular weight is 553 g/mol. The number of hydrogen-bond donors (Lipinski definition) is 1. The molecule has 8 nitrogen and oxygen atoms in total. The molecule has 41 heavy (non-hydrogen) atoms. The topological polar surface area (TPSA) is 102 Å². The Balaban J connectivity index is 0.986. The molecule has 0 unspecified atom stereocenters. The molecule has 7 rings (SSSR count). The van der Waals surface area contributed by atoms with Crippen LogP contribution in [-0.4, -0.2) is 48.9 Å². The predicted molar refractivity (Wildman–Crippen MR) is 151 cm³/mol. The number of nitrogens with one attached hydrogen (secondary N) is 1. The van der Waals surface area contributed by atoms with E-state index in [1.807, 2.05) is 24.3 Å². The van der Waals surface area contributed by atoms with Crippen LogP contribution in [0.15, 0.2) is 72.8 Å². The SMILES string of the molecule is COc1ccc(NC(=O)COC(=O)CCCCCN2C(=O)[C@@H]3C4c5ccccc5C(c5ccccc54)[C@H]3C2=O)cc1. The van der Waals surface area contributed by atoms with Crippen LogP contribution in [0.4, 0.5) is 5.69 Å². The number of imide groups is 1. The molecule has 1 aliphatic heterocycles. The van der Waals surface area contributed by atoms with Gasteiger partial charge in [0.15, 0.2) is 6.61 Å². The molecule has 3 aliphatic carbocycles. The molecule has 3 amide bonds. The predicted octanol–water partition coefficient (Wildman–Crippen LogP) is 4.63. The lowest BCUT2D eigenvalue weighted by atomic mass is 9.55. The molecular formula is C33H32N2O6. The molecule has 4 aliphatic rings. The van der Waals surface area contributed by atoms with Crippen molar-refractivity contribution >= 4 is 29.4 Å². The Morgan fingerprint density at radius 3 is 1.80 bits per heavy atom. The number of ether oxygens (including phenoxy) is 2. The molecule has 3 aromatic carbocycles. The first kappa shape index (κ1) is 26.7. The number of carbonyl (C=O) groups excluding carboxylic acids is 4. The largest absolute Gasteiger partial charge is 0.497 e. The third-order valence-electron chi connectivity index (χ3n) is 8.54. The van der Waals surface area contributed by atoms with Crippen LogP contribution in [0, 0.1) is 11.8 Å². The highest BCUT2D eigenvalue weighted by molar-refractivity contribution is 6.07. The fourth-order valence-corrected chi connectivity index (χ4v) is 6.77. The zero-order valence-electron chi connectivity index (χ0n) is 22.9. The second-order valence-corrected chi connectivity index (χ2v) is 10.8. The van der Waals surface area contributed by atoms with Gasteiger partial charge in [-0.2, -0.15) is 0 Å². The second-order valence-electron chi connectivity index (χ2n) is 10.8. The molecule has 8 heteroatoms. The number of carbonyl (C=O) groups is 4. The summed E-state index contributed by atoms with van der Waals surface area (Å²) in [6.45, 7) is -0.0202. The molecule has 0 radical (unpaired) electrons. The van der Waals surface area contributed by atoms with Gasteiger partial charge < -0.3 is 14.8 Å². The van der Waals surface area contributed by atoms with Crippen molar-refractivity contribution in [3.8, 4) is 5.75 Å². The number of methoxy groups -OCH3 is 1. The van der Waals surface area contributed by atoms with Crippen LogP contribution in [0.1, 0.15) is 59.8 Å². The minimum absolute atomic E-state index is 0.0821. The monoisotopic (exact) mass is 552 g/mol. The van der Waals surface area contributed by atoms with Crippen molar-refractivity contribution in [3.05, 3.63) is 95.1 Å². The van der Waals surface area contributed by atoms with E-state index in [-0.39, 0.29) is 48.5 Å². The highest BCUT2D eigenvalue weighted by Gasteiger charge is 2.61. The lowest BCUT2D eigenvalue weighted by molar-refractivity contribution is -0.147. The van der Waals surface area contributed by atoms with E-state index in [0.29, 0.717) is 37.2 Å². The van der Waals surface area contributed by atoms with E-state index in [1.54, 1.807) is 31.4 Å². The third kappa shape index (κ3) is 4.88. The van der Waals surface area contributed by atoms with E-state index in [1.165, 1.54) is 4.90 Å². The van der Waals surface area contributed by atoms with Crippen molar-refractivity contribution in [1.29, 1.82) is 0 Å². The number of unbranched alkanes of at least 4 members (excludes halogenated alkanes) is 2. The number of amides is 3. The van der Waals surface area contributed by atoms with Crippen LogP contribution in [0.5, 0.6) is 5.75 Å². The Hall–Kier alpha value is -4.46. The smallest absolute Gasteiger partial charge is 0.306 e. The molecule has 1 fully saturated rings. The minimum Gasteiger partial charge on any atom is -0.497 e. The number of rotatable bonds is 10. The maximum Gasteiger partial charge on any atom is 0.306 e. The Kier molecular flexibility index (Phi) is 7.30. The van der Waals surface area contributed by atoms with Crippen molar-refractivity contribution in [2.24, 2.45) is 11.8 Å². The van der Waals surface area contributed by atoms with E-state index in [4.69, 9.17) is 9.47 Å². The molecule has 2 atom stereocenters. The van der Waals surface area contributed by atoms with E-state index in [2.05, 4.69) is 29.6 Å². The molecule has 1 heterocycles. The number of benzene rings is 3. The maximum absolute atomic E-state index is 13.6. The average Bonchev–Trinajstić information content (AvgIpc) is 3.25. The summed E-state index contributed by atoms with van der Waals surface area (Å²) in [6.07, 6.45) is 1.98. The van der Waals surface area contributed by atoms with Crippen molar-refractivity contribution in [1.82, 2.24) is 4.90 Å². The zero-order valence-corrected chi connectivity index (χ0v) is 22.9. The van der Waals surface area contributed by atoms with Gasteiger partial charge in [-0.25, -0.2) is 0 Å². The van der Waals surface area contributed by atoms with Gasteiger partial charge in [-0.3, -0.25) is 24.1 Å². The first-order valence-corrected chi connectivity index (χ1v) is 14.1. The molecule has 0 spiro atoms. The summed E-state index contributed by atoms with van der Waals surface area (Å²) in [5, 5.41) is 2.67. The highest BCUT2D eigenvalue weighted by atomic mass is 16.5. The Bertz CT molecular complexity index is 1380. The fourth-order valence-electron chi connectivity index (χ4n) is 6.77. The van der Waals surface area contributed by atoms with E-state index < -0.39 is 11.9 Å². The van der Waals surface area contributed by atoms with Crippen molar-refractivity contribution in [3.63, 3.8) is 0 Å².